The Balaban J connectivity index is 2.72. The minimum atomic E-state index is -0.533. The molecule has 0 fully saturated rings. The molecule has 3 N–H and O–H groups in total. The average molecular weight is 193 g/mol. The largest absolute Gasteiger partial charge is 0.497 e. The molecule has 0 aliphatic rings. The second-order valence-electron chi connectivity index (χ2n) is 2.92. The van der Waals surface area contributed by atoms with Gasteiger partial charge in [0.05, 0.1) is 18.8 Å². The molecule has 75 valence electrons. The van der Waals surface area contributed by atoms with E-state index in [-0.39, 0.29) is 5.91 Å². The van der Waals surface area contributed by atoms with Gasteiger partial charge in [-0.05, 0) is 19.1 Å². The highest BCUT2D eigenvalue weighted by Gasteiger charge is 2.07. The van der Waals surface area contributed by atoms with E-state index < -0.39 is 6.04 Å². The maximum atomic E-state index is 11.2. The normalized spacial score (nSPS) is 11.9. The molecule has 0 aromatic heterocycles. The Bertz CT molecular complexity index is 324. The van der Waals surface area contributed by atoms with Crippen LogP contribution in [0.4, 0.5) is 5.69 Å². The predicted octanol–water partition coefficient (Wildman–Crippen LogP) is 0.781. The first-order valence-electron chi connectivity index (χ1n) is 4.25. The molecular weight excluding hydrogens is 180 g/mol. The van der Waals surface area contributed by atoms with Gasteiger partial charge in [0.2, 0.25) is 5.91 Å². The number of hydrogen-bond donors (Lipinski definition) is 2. The first-order chi connectivity index (χ1) is 6.63. The molecule has 0 bridgehead atoms. The highest BCUT2D eigenvalue weighted by atomic mass is 16.5. The zero-order valence-corrected chi connectivity index (χ0v) is 8.20. The van der Waals surface area contributed by atoms with Crippen LogP contribution in [-0.2, 0) is 4.79 Å². The van der Waals surface area contributed by atoms with E-state index in [1.54, 1.807) is 32.2 Å². The van der Waals surface area contributed by atoms with E-state index in [2.05, 4.69) is 11.4 Å². The van der Waals surface area contributed by atoms with E-state index in [0.717, 1.165) is 0 Å². The Morgan fingerprint density at radius 2 is 2.43 bits per heavy atom. The Hall–Kier alpha value is -1.55. The molecule has 0 saturated heterocycles. The molecule has 1 unspecified atom stereocenters. The summed E-state index contributed by atoms with van der Waals surface area (Å²) in [4.78, 5) is 11.2. The number of methoxy groups -OCH3 is 1. The van der Waals surface area contributed by atoms with Crippen molar-refractivity contribution >= 4 is 11.6 Å². The first-order valence-corrected chi connectivity index (χ1v) is 4.25. The molecule has 0 spiro atoms. The number of nitrogens with one attached hydrogen (secondary N) is 1. The van der Waals surface area contributed by atoms with Crippen LogP contribution in [0, 0.1) is 6.07 Å². The molecule has 1 amide bonds. The number of rotatable bonds is 3. The molecule has 0 aliphatic carbocycles. The molecule has 0 heterocycles. The average Bonchev–Trinajstić information content (AvgIpc) is 2.18. The number of carbonyl (C=O) groups excluding carboxylic acids is 1. The fourth-order valence-electron chi connectivity index (χ4n) is 0.891. The summed E-state index contributed by atoms with van der Waals surface area (Å²) in [7, 11) is 1.56. The Kier molecular flexibility index (Phi) is 3.48. The van der Waals surface area contributed by atoms with E-state index in [1.807, 2.05) is 0 Å². The first kappa shape index (κ1) is 10.5. The third-order valence-electron chi connectivity index (χ3n) is 1.68. The van der Waals surface area contributed by atoms with E-state index in [1.165, 1.54) is 0 Å². The van der Waals surface area contributed by atoms with Crippen LogP contribution >= 0.6 is 0 Å². The molecule has 1 radical (unpaired) electrons. The van der Waals surface area contributed by atoms with Crippen molar-refractivity contribution in [3.8, 4) is 5.75 Å². The topological polar surface area (TPSA) is 64.3 Å². The van der Waals surface area contributed by atoms with Gasteiger partial charge in [-0.1, -0.05) is 0 Å². The van der Waals surface area contributed by atoms with Crippen LogP contribution in [0.2, 0.25) is 0 Å². The summed E-state index contributed by atoms with van der Waals surface area (Å²) in [5.74, 6) is 0.429. The zero-order chi connectivity index (χ0) is 10.6. The van der Waals surface area contributed by atoms with Crippen molar-refractivity contribution in [3.63, 3.8) is 0 Å². The second-order valence-corrected chi connectivity index (χ2v) is 2.92. The van der Waals surface area contributed by atoms with Gasteiger partial charge in [-0.3, -0.25) is 4.79 Å². The second kappa shape index (κ2) is 4.62. The smallest absolute Gasteiger partial charge is 0.241 e. The van der Waals surface area contributed by atoms with Crippen molar-refractivity contribution in [1.29, 1.82) is 0 Å². The van der Waals surface area contributed by atoms with Gasteiger partial charge in [-0.15, -0.1) is 0 Å². The molecular formula is C10H13N2O2. The van der Waals surface area contributed by atoms with Crippen LogP contribution < -0.4 is 15.8 Å². The minimum Gasteiger partial charge on any atom is -0.497 e. The number of ether oxygens (including phenoxy) is 1. The molecule has 1 aromatic rings. The summed E-state index contributed by atoms with van der Waals surface area (Å²) < 4.78 is 4.99. The van der Waals surface area contributed by atoms with Gasteiger partial charge >= 0.3 is 0 Å². The standard InChI is InChI=1S/C10H13N2O2/c1-7(11)10(13)12-8-4-3-5-9(6-8)14-2/h3,5-7H,11H2,1-2H3,(H,12,13). The molecule has 1 aromatic carbocycles. The van der Waals surface area contributed by atoms with E-state index in [4.69, 9.17) is 10.5 Å². The maximum Gasteiger partial charge on any atom is 0.241 e. The van der Waals surface area contributed by atoms with Crippen molar-refractivity contribution in [2.45, 2.75) is 13.0 Å². The van der Waals surface area contributed by atoms with Crippen molar-refractivity contribution in [3.05, 3.63) is 24.3 Å². The van der Waals surface area contributed by atoms with Gasteiger partial charge in [0.1, 0.15) is 5.75 Å². The highest BCUT2D eigenvalue weighted by Crippen LogP contribution is 2.15. The van der Waals surface area contributed by atoms with Gasteiger partial charge in [0.25, 0.3) is 0 Å². The van der Waals surface area contributed by atoms with Crippen LogP contribution in [0.15, 0.2) is 18.2 Å². The predicted molar refractivity (Wildman–Crippen MR) is 54.1 cm³/mol. The summed E-state index contributed by atoms with van der Waals surface area (Å²) in [6, 6.07) is 7.44. The molecule has 0 saturated carbocycles. The third-order valence-corrected chi connectivity index (χ3v) is 1.68. The number of carbonyl (C=O) groups is 1. The van der Waals surface area contributed by atoms with Gasteiger partial charge < -0.3 is 15.8 Å². The summed E-state index contributed by atoms with van der Waals surface area (Å²) in [6.07, 6.45) is 0. The van der Waals surface area contributed by atoms with Gasteiger partial charge in [-0.25, -0.2) is 0 Å². The molecule has 0 aliphatic heterocycles. The van der Waals surface area contributed by atoms with E-state index in [0.29, 0.717) is 11.4 Å². The highest BCUT2D eigenvalue weighted by molar-refractivity contribution is 5.94. The molecule has 4 nitrogen and oxygen atoms in total. The maximum absolute atomic E-state index is 11.2. The van der Waals surface area contributed by atoms with Crippen molar-refractivity contribution in [2.75, 3.05) is 12.4 Å². The van der Waals surface area contributed by atoms with Crippen LogP contribution in [-0.4, -0.2) is 19.1 Å². The van der Waals surface area contributed by atoms with Gasteiger partial charge in [0.15, 0.2) is 0 Å². The number of amides is 1. The molecule has 1 rings (SSSR count). The number of nitrogens with two attached hydrogens (primary N) is 1. The molecule has 4 heteroatoms. The Labute approximate surface area is 83.1 Å². The van der Waals surface area contributed by atoms with Crippen molar-refractivity contribution < 1.29 is 9.53 Å². The van der Waals surface area contributed by atoms with Crippen molar-refractivity contribution in [2.24, 2.45) is 5.73 Å². The van der Waals surface area contributed by atoms with Crippen LogP contribution in [0.5, 0.6) is 5.75 Å². The fraction of sp³-hybridized carbons (Fsp3) is 0.300. The number of anilines is 1. The summed E-state index contributed by atoms with van der Waals surface area (Å²) in [5.41, 5.74) is 5.96. The number of hydrogen-bond acceptors (Lipinski definition) is 3. The Morgan fingerprint density at radius 1 is 1.71 bits per heavy atom. The minimum absolute atomic E-state index is 0.241. The SMILES string of the molecule is COc1cc[c]c(NC(=O)C(C)N)c1. The monoisotopic (exact) mass is 193 g/mol. The van der Waals surface area contributed by atoms with Gasteiger partial charge in [-0.2, -0.15) is 0 Å². The van der Waals surface area contributed by atoms with Crippen LogP contribution in [0.1, 0.15) is 6.92 Å². The van der Waals surface area contributed by atoms with Crippen molar-refractivity contribution in [1.82, 2.24) is 0 Å². The summed E-state index contributed by atoms with van der Waals surface area (Å²) >= 11 is 0. The molecule has 14 heavy (non-hydrogen) atoms. The van der Waals surface area contributed by atoms with Gasteiger partial charge in [0, 0.05) is 12.1 Å². The zero-order valence-electron chi connectivity index (χ0n) is 8.20. The van der Waals surface area contributed by atoms with Crippen LogP contribution in [0.3, 0.4) is 0 Å². The lowest BCUT2D eigenvalue weighted by molar-refractivity contribution is -0.117. The van der Waals surface area contributed by atoms with E-state index in [9.17, 15) is 4.79 Å². The summed E-state index contributed by atoms with van der Waals surface area (Å²) in [5, 5.41) is 2.62. The number of benzene rings is 1. The van der Waals surface area contributed by atoms with Crippen LogP contribution in [0.25, 0.3) is 0 Å². The van der Waals surface area contributed by atoms with E-state index >= 15 is 0 Å². The lowest BCUT2D eigenvalue weighted by Gasteiger charge is -2.08. The third kappa shape index (κ3) is 2.74. The fourth-order valence-corrected chi connectivity index (χ4v) is 0.891. The quantitative estimate of drug-likeness (QED) is 0.745. The Morgan fingerprint density at radius 3 is 3.00 bits per heavy atom. The lowest BCUT2D eigenvalue weighted by atomic mass is 10.2. The molecule has 1 atom stereocenters. The lowest BCUT2D eigenvalue weighted by Crippen LogP contribution is -2.32. The summed E-state index contributed by atoms with van der Waals surface area (Å²) in [6.45, 7) is 1.62.